The van der Waals surface area contributed by atoms with Crippen molar-refractivity contribution in [1.29, 1.82) is 0 Å². The fraction of sp³-hybridized carbons (Fsp3) is 0.333. The molecule has 0 saturated heterocycles. The van der Waals surface area contributed by atoms with Gasteiger partial charge in [-0.15, -0.1) is 11.3 Å². The molecule has 0 unspecified atom stereocenters. The first-order valence-corrected chi connectivity index (χ1v) is 9.83. The van der Waals surface area contributed by atoms with Crippen LogP contribution in [0.15, 0.2) is 47.5 Å². The van der Waals surface area contributed by atoms with Crippen LogP contribution < -0.4 is 10.6 Å². The van der Waals surface area contributed by atoms with E-state index in [1.807, 2.05) is 7.05 Å². The number of nitrogens with zero attached hydrogens (tertiary/aromatic N) is 2. The zero-order valence-electron chi connectivity index (χ0n) is 15.7. The normalized spacial score (nSPS) is 11.7. The van der Waals surface area contributed by atoms with E-state index in [9.17, 15) is 0 Å². The minimum atomic E-state index is 0.834. The lowest BCUT2D eigenvalue weighted by Gasteiger charge is -2.12. The van der Waals surface area contributed by atoms with Crippen LogP contribution in [0.1, 0.15) is 21.1 Å². The number of aryl methyl sites for hydroxylation is 2. The van der Waals surface area contributed by atoms with Crippen molar-refractivity contribution in [3.8, 4) is 0 Å². The fourth-order valence-electron chi connectivity index (χ4n) is 2.98. The molecule has 0 fully saturated rings. The number of fused-ring (bicyclic) bond motifs is 1. The second-order valence-electron chi connectivity index (χ2n) is 6.31. The predicted molar refractivity (Wildman–Crippen MR) is 112 cm³/mol. The summed E-state index contributed by atoms with van der Waals surface area (Å²) in [6, 6.07) is 15.0. The molecule has 0 bridgehead atoms. The Morgan fingerprint density at radius 3 is 2.46 bits per heavy atom. The molecule has 0 aliphatic heterocycles. The lowest BCUT2D eigenvalue weighted by Crippen LogP contribution is -2.39. The molecule has 0 saturated carbocycles. The first-order valence-electron chi connectivity index (χ1n) is 9.01. The van der Waals surface area contributed by atoms with Crippen LogP contribution in [0.5, 0.6) is 0 Å². The van der Waals surface area contributed by atoms with E-state index in [1.165, 1.54) is 26.2 Å². The molecule has 0 atom stereocenters. The number of hydrogen-bond acceptors (Lipinski definition) is 3. The molecular formula is C21H26N4S. The monoisotopic (exact) mass is 366 g/mol. The standard InChI is InChI=1S/C21H26N4S/c1-15-16(2)26-20(25-15)12-14-24-21(22-3)23-13-11-18-9-6-8-17-7-4-5-10-19(17)18/h4-10H,11-14H2,1-3H3,(H2,22,23,24). The van der Waals surface area contributed by atoms with E-state index in [1.54, 1.807) is 11.3 Å². The van der Waals surface area contributed by atoms with E-state index < -0.39 is 0 Å². The summed E-state index contributed by atoms with van der Waals surface area (Å²) in [5.74, 6) is 0.843. The van der Waals surface area contributed by atoms with Gasteiger partial charge in [-0.1, -0.05) is 42.5 Å². The fourth-order valence-corrected chi connectivity index (χ4v) is 3.91. The molecule has 1 aromatic heterocycles. The number of rotatable bonds is 6. The Morgan fingerprint density at radius 1 is 1.00 bits per heavy atom. The van der Waals surface area contributed by atoms with Crippen LogP contribution in [0.2, 0.25) is 0 Å². The van der Waals surface area contributed by atoms with Crippen molar-refractivity contribution in [3.05, 3.63) is 63.6 Å². The molecule has 0 amide bonds. The summed E-state index contributed by atoms with van der Waals surface area (Å²) >= 11 is 1.78. The highest BCUT2D eigenvalue weighted by molar-refractivity contribution is 7.11. The van der Waals surface area contributed by atoms with Gasteiger partial charge in [0.25, 0.3) is 0 Å². The number of thiazole rings is 1. The Bertz CT molecular complexity index is 873. The number of aromatic nitrogens is 1. The summed E-state index contributed by atoms with van der Waals surface area (Å²) in [6.07, 6.45) is 1.89. The molecule has 3 rings (SSSR count). The van der Waals surface area contributed by atoms with Crippen molar-refractivity contribution >= 4 is 28.1 Å². The topological polar surface area (TPSA) is 49.3 Å². The molecule has 5 heteroatoms. The Balaban J connectivity index is 1.48. The van der Waals surface area contributed by atoms with Gasteiger partial charge in [-0.25, -0.2) is 4.98 Å². The quantitative estimate of drug-likeness (QED) is 0.514. The van der Waals surface area contributed by atoms with Crippen LogP contribution in [-0.2, 0) is 12.8 Å². The lowest BCUT2D eigenvalue weighted by atomic mass is 10.0. The van der Waals surface area contributed by atoms with Crippen LogP contribution in [0, 0.1) is 13.8 Å². The van der Waals surface area contributed by atoms with E-state index in [2.05, 4.69) is 76.9 Å². The Morgan fingerprint density at radius 2 is 1.73 bits per heavy atom. The molecule has 0 aliphatic rings. The van der Waals surface area contributed by atoms with Crippen LogP contribution >= 0.6 is 11.3 Å². The maximum atomic E-state index is 4.58. The zero-order chi connectivity index (χ0) is 18.4. The molecule has 2 N–H and O–H groups in total. The van der Waals surface area contributed by atoms with Gasteiger partial charge in [0.1, 0.15) is 0 Å². The van der Waals surface area contributed by atoms with E-state index in [0.29, 0.717) is 0 Å². The third kappa shape index (κ3) is 4.61. The maximum absolute atomic E-state index is 4.58. The van der Waals surface area contributed by atoms with Crippen molar-refractivity contribution in [2.45, 2.75) is 26.7 Å². The number of hydrogen-bond donors (Lipinski definition) is 2. The average Bonchev–Trinajstić information content (AvgIpc) is 2.98. The molecule has 2 aromatic carbocycles. The van der Waals surface area contributed by atoms with E-state index in [4.69, 9.17) is 0 Å². The number of benzene rings is 2. The van der Waals surface area contributed by atoms with Crippen LogP contribution in [-0.4, -0.2) is 31.1 Å². The Hall–Kier alpha value is -2.40. The number of nitrogens with one attached hydrogen (secondary N) is 2. The summed E-state index contributed by atoms with van der Waals surface area (Å²) in [4.78, 5) is 10.2. The third-order valence-corrected chi connectivity index (χ3v) is 5.63. The van der Waals surface area contributed by atoms with Gasteiger partial charge in [0, 0.05) is 31.4 Å². The van der Waals surface area contributed by atoms with Gasteiger partial charge in [-0.05, 0) is 36.6 Å². The highest BCUT2D eigenvalue weighted by Gasteiger charge is 2.05. The Kier molecular flexibility index (Phi) is 6.23. The van der Waals surface area contributed by atoms with Gasteiger partial charge in [0.15, 0.2) is 5.96 Å². The minimum absolute atomic E-state index is 0.834. The van der Waals surface area contributed by atoms with Crippen molar-refractivity contribution in [2.75, 3.05) is 20.1 Å². The molecule has 26 heavy (non-hydrogen) atoms. The van der Waals surface area contributed by atoms with Crippen molar-refractivity contribution in [1.82, 2.24) is 15.6 Å². The van der Waals surface area contributed by atoms with Crippen LogP contribution in [0.3, 0.4) is 0 Å². The first kappa shape index (κ1) is 18.4. The van der Waals surface area contributed by atoms with Crippen LogP contribution in [0.25, 0.3) is 10.8 Å². The van der Waals surface area contributed by atoms with E-state index >= 15 is 0 Å². The largest absolute Gasteiger partial charge is 0.356 e. The minimum Gasteiger partial charge on any atom is -0.356 e. The predicted octanol–water partition coefficient (Wildman–Crippen LogP) is 3.86. The summed E-state index contributed by atoms with van der Waals surface area (Å²) in [5.41, 5.74) is 2.50. The second kappa shape index (κ2) is 8.81. The zero-order valence-corrected chi connectivity index (χ0v) is 16.5. The maximum Gasteiger partial charge on any atom is 0.191 e. The lowest BCUT2D eigenvalue weighted by molar-refractivity contribution is 0.783. The molecule has 1 heterocycles. The molecular weight excluding hydrogens is 340 g/mol. The average molecular weight is 367 g/mol. The van der Waals surface area contributed by atoms with Gasteiger partial charge >= 0.3 is 0 Å². The SMILES string of the molecule is CN=C(NCCc1nc(C)c(C)s1)NCCc1cccc2ccccc12. The third-order valence-electron chi connectivity index (χ3n) is 4.49. The highest BCUT2D eigenvalue weighted by atomic mass is 32.1. The first-order chi connectivity index (χ1) is 12.7. The number of guanidine groups is 1. The summed E-state index contributed by atoms with van der Waals surface area (Å²) < 4.78 is 0. The van der Waals surface area contributed by atoms with Gasteiger partial charge in [-0.2, -0.15) is 0 Å². The molecule has 0 aliphatic carbocycles. The van der Waals surface area contributed by atoms with Gasteiger partial charge in [0.2, 0.25) is 0 Å². The highest BCUT2D eigenvalue weighted by Crippen LogP contribution is 2.18. The summed E-state index contributed by atoms with van der Waals surface area (Å²) in [7, 11) is 1.81. The van der Waals surface area contributed by atoms with E-state index in [-0.39, 0.29) is 0 Å². The second-order valence-corrected chi connectivity index (χ2v) is 7.60. The van der Waals surface area contributed by atoms with Gasteiger partial charge in [-0.3, -0.25) is 4.99 Å². The molecule has 0 spiro atoms. The summed E-state index contributed by atoms with van der Waals surface area (Å²) in [6.45, 7) is 5.87. The molecule has 3 aromatic rings. The number of aliphatic imine (C=N–C) groups is 1. The van der Waals surface area contributed by atoms with Gasteiger partial charge < -0.3 is 10.6 Å². The molecule has 136 valence electrons. The van der Waals surface area contributed by atoms with Gasteiger partial charge in [0.05, 0.1) is 10.7 Å². The van der Waals surface area contributed by atoms with Crippen molar-refractivity contribution in [3.63, 3.8) is 0 Å². The molecule has 0 radical (unpaired) electrons. The van der Waals surface area contributed by atoms with E-state index in [0.717, 1.165) is 37.6 Å². The summed E-state index contributed by atoms with van der Waals surface area (Å²) in [5, 5.41) is 10.6. The Labute approximate surface area is 159 Å². The van der Waals surface area contributed by atoms with Crippen molar-refractivity contribution in [2.24, 2.45) is 4.99 Å². The van der Waals surface area contributed by atoms with Crippen LogP contribution in [0.4, 0.5) is 0 Å². The molecule has 4 nitrogen and oxygen atoms in total. The van der Waals surface area contributed by atoms with Crippen molar-refractivity contribution < 1.29 is 0 Å². The smallest absolute Gasteiger partial charge is 0.191 e.